The van der Waals surface area contributed by atoms with Gasteiger partial charge >= 0.3 is 5.97 Å². The van der Waals surface area contributed by atoms with Gasteiger partial charge in [0.25, 0.3) is 0 Å². The van der Waals surface area contributed by atoms with E-state index in [0.29, 0.717) is 6.42 Å². The zero-order valence-electron chi connectivity index (χ0n) is 11.1. The number of ketones is 1. The number of carbonyl (C=O) groups is 2. The Kier molecular flexibility index (Phi) is 7.02. The van der Waals surface area contributed by atoms with E-state index in [0.717, 1.165) is 12.8 Å². The van der Waals surface area contributed by atoms with Crippen LogP contribution >= 0.6 is 0 Å². The highest BCUT2D eigenvalue weighted by Crippen LogP contribution is 2.21. The molecule has 94 valence electrons. The molecular weight excluding hydrogens is 204 g/mol. The molecule has 0 aromatic carbocycles. The first-order chi connectivity index (χ1) is 7.42. The number of esters is 1. The lowest BCUT2D eigenvalue weighted by Crippen LogP contribution is -2.26. The molecule has 0 bridgehead atoms. The normalized spacial score (nSPS) is 16.3. The van der Waals surface area contributed by atoms with Gasteiger partial charge in [-0.2, -0.15) is 0 Å². The highest BCUT2D eigenvalue weighted by atomic mass is 16.5. The zero-order valence-corrected chi connectivity index (χ0v) is 11.1. The molecule has 0 spiro atoms. The van der Waals surface area contributed by atoms with Gasteiger partial charge in [-0.15, -0.1) is 0 Å². The van der Waals surface area contributed by atoms with Crippen molar-refractivity contribution in [3.8, 4) is 0 Å². The van der Waals surface area contributed by atoms with Crippen LogP contribution in [0.25, 0.3) is 0 Å². The van der Waals surface area contributed by atoms with Crippen LogP contribution in [0.1, 0.15) is 53.9 Å². The molecule has 0 aliphatic heterocycles. The van der Waals surface area contributed by atoms with E-state index in [1.165, 1.54) is 6.92 Å². The van der Waals surface area contributed by atoms with Crippen molar-refractivity contribution in [2.24, 2.45) is 11.8 Å². The van der Waals surface area contributed by atoms with Gasteiger partial charge in [-0.3, -0.25) is 9.59 Å². The summed E-state index contributed by atoms with van der Waals surface area (Å²) in [5.41, 5.74) is 0. The molecule has 0 aromatic rings. The molecule has 3 atom stereocenters. The number of carbonyl (C=O) groups excluding carboxylic acids is 2. The van der Waals surface area contributed by atoms with Gasteiger partial charge in [0, 0.05) is 19.3 Å². The van der Waals surface area contributed by atoms with E-state index >= 15 is 0 Å². The maximum atomic E-state index is 11.5. The highest BCUT2D eigenvalue weighted by Gasteiger charge is 2.22. The van der Waals surface area contributed by atoms with Crippen LogP contribution < -0.4 is 0 Å². The van der Waals surface area contributed by atoms with E-state index in [2.05, 4.69) is 0 Å². The van der Waals surface area contributed by atoms with Crippen LogP contribution in [0.15, 0.2) is 0 Å². The zero-order chi connectivity index (χ0) is 12.7. The van der Waals surface area contributed by atoms with Gasteiger partial charge in [0.15, 0.2) is 0 Å². The largest absolute Gasteiger partial charge is 0.462 e. The first-order valence-electron chi connectivity index (χ1n) is 6.12. The first kappa shape index (κ1) is 15.1. The van der Waals surface area contributed by atoms with Crippen molar-refractivity contribution >= 4 is 11.8 Å². The second-order valence-corrected chi connectivity index (χ2v) is 4.49. The second-order valence-electron chi connectivity index (χ2n) is 4.49. The second kappa shape index (κ2) is 7.42. The third kappa shape index (κ3) is 5.29. The Hall–Kier alpha value is -0.860. The molecule has 0 heterocycles. The number of hydrogen-bond acceptors (Lipinski definition) is 3. The van der Waals surface area contributed by atoms with Crippen LogP contribution in [0.3, 0.4) is 0 Å². The maximum Gasteiger partial charge on any atom is 0.302 e. The van der Waals surface area contributed by atoms with Crippen molar-refractivity contribution in [2.45, 2.75) is 60.0 Å². The number of ether oxygens (including phenoxy) is 1. The van der Waals surface area contributed by atoms with Gasteiger partial charge in [0.05, 0.1) is 0 Å². The summed E-state index contributed by atoms with van der Waals surface area (Å²) in [7, 11) is 0. The summed E-state index contributed by atoms with van der Waals surface area (Å²) >= 11 is 0. The van der Waals surface area contributed by atoms with Gasteiger partial charge in [-0.05, 0) is 18.8 Å². The molecule has 0 N–H and O–H groups in total. The van der Waals surface area contributed by atoms with Crippen molar-refractivity contribution in [1.29, 1.82) is 0 Å². The molecular formula is C13H24O3. The highest BCUT2D eigenvalue weighted by molar-refractivity contribution is 5.80. The minimum Gasteiger partial charge on any atom is -0.462 e. The lowest BCUT2D eigenvalue weighted by molar-refractivity contribution is -0.149. The Morgan fingerprint density at radius 3 is 2.12 bits per heavy atom. The van der Waals surface area contributed by atoms with Gasteiger partial charge < -0.3 is 4.74 Å². The van der Waals surface area contributed by atoms with Crippen molar-refractivity contribution in [1.82, 2.24) is 0 Å². The minimum absolute atomic E-state index is 0.0598. The van der Waals surface area contributed by atoms with Gasteiger partial charge in [0.1, 0.15) is 11.9 Å². The van der Waals surface area contributed by atoms with Gasteiger partial charge in [-0.1, -0.05) is 27.7 Å². The molecule has 0 rings (SSSR count). The molecule has 0 aliphatic rings. The summed E-state index contributed by atoms with van der Waals surface area (Å²) in [5.74, 6) is 0.335. The summed E-state index contributed by atoms with van der Waals surface area (Å²) < 4.78 is 5.23. The number of hydrogen-bond donors (Lipinski definition) is 0. The molecule has 0 aliphatic carbocycles. The predicted molar refractivity (Wildman–Crippen MR) is 64.1 cm³/mol. The van der Waals surface area contributed by atoms with Crippen LogP contribution in [-0.2, 0) is 14.3 Å². The monoisotopic (exact) mass is 228 g/mol. The topological polar surface area (TPSA) is 43.4 Å². The van der Waals surface area contributed by atoms with E-state index in [1.807, 2.05) is 27.7 Å². The Bertz CT molecular complexity index is 235. The third-order valence-corrected chi connectivity index (χ3v) is 2.98. The average molecular weight is 228 g/mol. The van der Waals surface area contributed by atoms with Crippen molar-refractivity contribution < 1.29 is 14.3 Å². The van der Waals surface area contributed by atoms with Crippen molar-refractivity contribution in [3.05, 3.63) is 0 Å². The predicted octanol–water partition coefficient (Wildman–Crippen LogP) is 2.97. The molecule has 0 amide bonds. The van der Waals surface area contributed by atoms with Crippen molar-refractivity contribution in [2.75, 3.05) is 0 Å². The fourth-order valence-electron chi connectivity index (χ4n) is 2.00. The molecule has 3 nitrogen and oxygen atoms in total. The van der Waals surface area contributed by atoms with Crippen LogP contribution in [0.5, 0.6) is 0 Å². The lowest BCUT2D eigenvalue weighted by atomic mass is 9.88. The molecule has 0 aromatic heterocycles. The lowest BCUT2D eigenvalue weighted by Gasteiger charge is -2.24. The summed E-state index contributed by atoms with van der Waals surface area (Å²) in [6.45, 7) is 9.29. The van der Waals surface area contributed by atoms with Gasteiger partial charge in [0.2, 0.25) is 0 Å². The molecule has 0 fully saturated rings. The van der Waals surface area contributed by atoms with Gasteiger partial charge in [-0.25, -0.2) is 0 Å². The Morgan fingerprint density at radius 2 is 1.75 bits per heavy atom. The first-order valence-corrected chi connectivity index (χ1v) is 6.12. The van der Waals surface area contributed by atoms with E-state index < -0.39 is 0 Å². The molecule has 3 heteroatoms. The fourth-order valence-corrected chi connectivity index (χ4v) is 2.00. The smallest absolute Gasteiger partial charge is 0.302 e. The van der Waals surface area contributed by atoms with E-state index in [1.54, 1.807) is 0 Å². The molecule has 0 radical (unpaired) electrons. The Labute approximate surface area is 98.6 Å². The SMILES string of the molecule is CCC(=O)C(C)CC(C)C(CC)OC(C)=O. The minimum atomic E-state index is -0.242. The Morgan fingerprint density at radius 1 is 1.19 bits per heavy atom. The maximum absolute atomic E-state index is 11.5. The van der Waals surface area contributed by atoms with Crippen LogP contribution in [0, 0.1) is 11.8 Å². The molecule has 16 heavy (non-hydrogen) atoms. The van der Waals surface area contributed by atoms with E-state index in [4.69, 9.17) is 4.74 Å². The molecule has 0 saturated heterocycles. The number of Topliss-reactive ketones (excluding diaryl/α,β-unsaturated/α-hetero) is 1. The third-order valence-electron chi connectivity index (χ3n) is 2.98. The van der Waals surface area contributed by atoms with Crippen LogP contribution in [-0.4, -0.2) is 17.9 Å². The fraction of sp³-hybridized carbons (Fsp3) is 0.846. The molecule has 0 saturated carbocycles. The van der Waals surface area contributed by atoms with Crippen molar-refractivity contribution in [3.63, 3.8) is 0 Å². The quantitative estimate of drug-likeness (QED) is 0.629. The van der Waals surface area contributed by atoms with Crippen LogP contribution in [0.2, 0.25) is 0 Å². The van der Waals surface area contributed by atoms with E-state index in [-0.39, 0.29) is 29.7 Å². The number of rotatable bonds is 7. The summed E-state index contributed by atoms with van der Waals surface area (Å²) in [5, 5.41) is 0. The standard InChI is InChI=1S/C13H24O3/c1-6-12(15)9(3)8-10(4)13(7-2)16-11(5)14/h9-10,13H,6-8H2,1-5H3. The average Bonchev–Trinajstić information content (AvgIpc) is 2.23. The summed E-state index contributed by atoms with van der Waals surface area (Å²) in [4.78, 5) is 22.4. The van der Waals surface area contributed by atoms with Crippen LogP contribution in [0.4, 0.5) is 0 Å². The molecule has 3 unspecified atom stereocenters. The summed E-state index contributed by atoms with van der Waals surface area (Å²) in [6, 6.07) is 0. The van der Waals surface area contributed by atoms with E-state index in [9.17, 15) is 9.59 Å². The Balaban J connectivity index is 4.24. The summed E-state index contributed by atoms with van der Waals surface area (Å²) in [6.07, 6.45) is 2.11.